The van der Waals surface area contributed by atoms with Crippen LogP contribution >= 0.6 is 0 Å². The van der Waals surface area contributed by atoms with Crippen LogP contribution in [0.5, 0.6) is 5.75 Å². The number of para-hydroxylation sites is 3. The van der Waals surface area contributed by atoms with Crippen LogP contribution in [0.25, 0.3) is 82.0 Å². The summed E-state index contributed by atoms with van der Waals surface area (Å²) >= 11 is 0. The maximum Gasteiger partial charge on any atom is 0.157 e. The Hall–Kier alpha value is -8.02. The first-order valence-electron chi connectivity index (χ1n) is 21.9. The molecule has 0 amide bonds. The van der Waals surface area contributed by atoms with Gasteiger partial charge in [-0.2, -0.15) is 0 Å². The Bertz CT molecular complexity index is 3740. The first-order valence-corrected chi connectivity index (χ1v) is 21.9. The maximum atomic E-state index is 6.40. The number of hydrogen-bond acceptors (Lipinski definition) is 3. The average Bonchev–Trinajstić information content (AvgIpc) is 4.02. The van der Waals surface area contributed by atoms with E-state index in [0.717, 1.165) is 51.7 Å². The van der Waals surface area contributed by atoms with Crippen molar-refractivity contribution in [2.24, 2.45) is 9.98 Å². The standard InChI is InChI=1S/C58H38N4O/c1-2-14-37(15-3-1)58-59-46(36-32-30-35(31-33-36)38-20-13-29-52-54(38)45-19-7-9-28-51(45)63-52)34-53(60-58)62-47-24-8-6-18-41(47)44-23-12-27-50(57(44)62)61-48-25-10-21-42-39-16-4-5-17-40(39)43-22-11-26-49(61)56(43)55(42)48/h1-28,30-33,46,52H,29,34H2. The molecule has 3 aliphatic rings. The molecule has 2 unspecified atom stereocenters. The molecule has 0 saturated heterocycles. The van der Waals surface area contributed by atoms with Gasteiger partial charge in [-0.05, 0) is 68.6 Å². The van der Waals surface area contributed by atoms with Crippen molar-refractivity contribution in [2.45, 2.75) is 25.0 Å². The summed E-state index contributed by atoms with van der Waals surface area (Å²) < 4.78 is 11.3. The van der Waals surface area contributed by atoms with E-state index >= 15 is 0 Å². The van der Waals surface area contributed by atoms with E-state index in [1.165, 1.54) is 76.4 Å². The van der Waals surface area contributed by atoms with E-state index < -0.39 is 0 Å². The number of ether oxygens (including phenoxy) is 1. The van der Waals surface area contributed by atoms with Crippen molar-refractivity contribution >= 4 is 88.0 Å². The summed E-state index contributed by atoms with van der Waals surface area (Å²) in [6.07, 6.45) is 6.07. The molecule has 0 bridgehead atoms. The molecule has 0 fully saturated rings. The van der Waals surface area contributed by atoms with Gasteiger partial charge < -0.3 is 9.30 Å². The number of aromatic nitrogens is 2. The van der Waals surface area contributed by atoms with Crippen LogP contribution in [0.4, 0.5) is 0 Å². The van der Waals surface area contributed by atoms with E-state index in [2.05, 4.69) is 203 Å². The number of allylic oxidation sites excluding steroid dienone is 2. The maximum absolute atomic E-state index is 6.40. The zero-order valence-corrected chi connectivity index (χ0v) is 34.2. The number of hydrogen-bond donors (Lipinski definition) is 0. The van der Waals surface area contributed by atoms with Crippen LogP contribution in [0.15, 0.2) is 204 Å². The molecule has 5 heteroatoms. The minimum Gasteiger partial charge on any atom is -0.485 e. The Morgan fingerprint density at radius 2 is 1.14 bits per heavy atom. The monoisotopic (exact) mass is 806 g/mol. The molecule has 296 valence electrons. The fraction of sp³-hybridized carbons (Fsp3) is 0.0690. The Kier molecular flexibility index (Phi) is 7.28. The third kappa shape index (κ3) is 4.99. The van der Waals surface area contributed by atoms with Crippen LogP contribution in [-0.4, -0.2) is 26.9 Å². The third-order valence-electron chi connectivity index (χ3n) is 13.7. The lowest BCUT2D eigenvalue weighted by Gasteiger charge is -2.24. The van der Waals surface area contributed by atoms with E-state index in [-0.39, 0.29) is 12.1 Å². The minimum atomic E-state index is -0.154. The first-order chi connectivity index (χ1) is 31.3. The number of rotatable bonds is 4. The predicted octanol–water partition coefficient (Wildman–Crippen LogP) is 14.1. The largest absolute Gasteiger partial charge is 0.485 e. The summed E-state index contributed by atoms with van der Waals surface area (Å²) in [6.45, 7) is 0. The molecule has 2 aliphatic heterocycles. The molecule has 0 N–H and O–H groups in total. The molecule has 5 nitrogen and oxygen atoms in total. The molecule has 63 heavy (non-hydrogen) atoms. The van der Waals surface area contributed by atoms with E-state index in [9.17, 15) is 0 Å². The number of nitrogens with zero attached hydrogens (tertiary/aromatic N) is 4. The van der Waals surface area contributed by atoms with Crippen molar-refractivity contribution in [1.82, 2.24) is 9.13 Å². The summed E-state index contributed by atoms with van der Waals surface area (Å²) in [5, 5.41) is 10.1. The van der Waals surface area contributed by atoms with Crippen molar-refractivity contribution in [3.05, 3.63) is 216 Å². The zero-order chi connectivity index (χ0) is 41.2. The lowest BCUT2D eigenvalue weighted by molar-refractivity contribution is 0.279. The van der Waals surface area contributed by atoms with E-state index in [1.807, 2.05) is 0 Å². The molecule has 0 saturated carbocycles. The minimum absolute atomic E-state index is 0.0449. The summed E-state index contributed by atoms with van der Waals surface area (Å²) in [5.74, 6) is 2.68. The lowest BCUT2D eigenvalue weighted by atomic mass is 9.87. The highest BCUT2D eigenvalue weighted by Crippen LogP contribution is 2.47. The second-order valence-electron chi connectivity index (χ2n) is 17.1. The molecule has 9 aromatic carbocycles. The lowest BCUT2D eigenvalue weighted by Crippen LogP contribution is -2.23. The van der Waals surface area contributed by atoms with Crippen LogP contribution in [0.1, 0.15) is 41.1 Å². The summed E-state index contributed by atoms with van der Waals surface area (Å²) in [5.41, 5.74) is 12.8. The number of benzene rings is 9. The number of amidine groups is 1. The fourth-order valence-corrected chi connectivity index (χ4v) is 11.0. The molecule has 4 heterocycles. The SMILES string of the molecule is C1=CC(c2ccc(C3CC(n4c5ccccc5c5cccc(-n6c7cccc8c9ccccc9c9cccc6c9c87)c54)=NC(c4ccccc4)=N3)cc2)=C2c3ccccc3OC2C1. The molecule has 2 aromatic heterocycles. The summed E-state index contributed by atoms with van der Waals surface area (Å²) in [7, 11) is 0. The third-order valence-corrected chi connectivity index (χ3v) is 13.7. The van der Waals surface area contributed by atoms with Crippen molar-refractivity contribution < 1.29 is 4.74 Å². The van der Waals surface area contributed by atoms with Crippen molar-refractivity contribution in [3.8, 4) is 11.4 Å². The molecule has 11 aromatic rings. The van der Waals surface area contributed by atoms with Crippen molar-refractivity contribution in [3.63, 3.8) is 0 Å². The van der Waals surface area contributed by atoms with Gasteiger partial charge in [0.15, 0.2) is 5.84 Å². The molecule has 14 rings (SSSR count). The second-order valence-corrected chi connectivity index (χ2v) is 17.1. The van der Waals surface area contributed by atoms with Gasteiger partial charge in [-0.25, -0.2) is 4.99 Å². The summed E-state index contributed by atoms with van der Waals surface area (Å²) in [4.78, 5) is 11.0. The van der Waals surface area contributed by atoms with Gasteiger partial charge >= 0.3 is 0 Å². The van der Waals surface area contributed by atoms with Gasteiger partial charge in [0, 0.05) is 51.1 Å². The molecule has 0 spiro atoms. The smallest absolute Gasteiger partial charge is 0.157 e. The molecule has 1 aliphatic carbocycles. The highest BCUT2D eigenvalue weighted by molar-refractivity contribution is 6.34. The quantitative estimate of drug-likeness (QED) is 0.163. The second kappa shape index (κ2) is 13.2. The van der Waals surface area contributed by atoms with Gasteiger partial charge in [-0.1, -0.05) is 164 Å². The van der Waals surface area contributed by atoms with Crippen LogP contribution in [0, 0.1) is 0 Å². The first kappa shape index (κ1) is 34.7. The van der Waals surface area contributed by atoms with E-state index in [0.29, 0.717) is 6.42 Å². The molecular weight excluding hydrogens is 769 g/mol. The van der Waals surface area contributed by atoms with E-state index in [1.54, 1.807) is 0 Å². The molecular formula is C58H38N4O. The Morgan fingerprint density at radius 3 is 1.92 bits per heavy atom. The van der Waals surface area contributed by atoms with Gasteiger partial charge in [0.05, 0.1) is 33.8 Å². The van der Waals surface area contributed by atoms with Crippen LogP contribution in [-0.2, 0) is 0 Å². The van der Waals surface area contributed by atoms with E-state index in [4.69, 9.17) is 14.7 Å². The summed E-state index contributed by atoms with van der Waals surface area (Å²) in [6, 6.07) is 65.8. The average molecular weight is 807 g/mol. The number of fused-ring (bicyclic) bond motifs is 9. The Labute approximate surface area is 363 Å². The zero-order valence-electron chi connectivity index (χ0n) is 34.2. The van der Waals surface area contributed by atoms with Crippen LogP contribution < -0.4 is 4.74 Å². The van der Waals surface area contributed by atoms with Crippen molar-refractivity contribution in [1.29, 1.82) is 0 Å². The highest BCUT2D eigenvalue weighted by atomic mass is 16.5. The van der Waals surface area contributed by atoms with Gasteiger partial charge in [-0.3, -0.25) is 9.56 Å². The van der Waals surface area contributed by atoms with Crippen LogP contribution in [0.3, 0.4) is 0 Å². The van der Waals surface area contributed by atoms with Crippen LogP contribution in [0.2, 0.25) is 0 Å². The Morgan fingerprint density at radius 1 is 0.508 bits per heavy atom. The van der Waals surface area contributed by atoms with Gasteiger partial charge in [0.25, 0.3) is 0 Å². The highest BCUT2D eigenvalue weighted by Gasteiger charge is 2.33. The topological polar surface area (TPSA) is 43.8 Å². The molecule has 2 atom stereocenters. The molecule has 0 radical (unpaired) electrons. The van der Waals surface area contributed by atoms with Gasteiger partial charge in [0.2, 0.25) is 0 Å². The van der Waals surface area contributed by atoms with Crippen molar-refractivity contribution in [2.75, 3.05) is 0 Å². The fourth-order valence-electron chi connectivity index (χ4n) is 11.0. The van der Waals surface area contributed by atoms with Gasteiger partial charge in [-0.15, -0.1) is 0 Å². The number of aliphatic imine (C=N–C) groups is 2. The van der Waals surface area contributed by atoms with Gasteiger partial charge in [0.1, 0.15) is 17.7 Å². The Balaban J connectivity index is 0.970. The normalized spacial score (nSPS) is 17.3. The predicted molar refractivity (Wildman–Crippen MR) is 261 cm³/mol.